The lowest BCUT2D eigenvalue weighted by Gasteiger charge is -2.23. The summed E-state index contributed by atoms with van der Waals surface area (Å²) in [6.07, 6.45) is 3.31. The fourth-order valence-corrected chi connectivity index (χ4v) is 2.83. The molecule has 1 aliphatic rings. The Morgan fingerprint density at radius 3 is 2.89 bits per heavy atom. The van der Waals surface area contributed by atoms with Crippen molar-refractivity contribution < 1.29 is 0 Å². The van der Waals surface area contributed by atoms with E-state index in [1.165, 1.54) is 18.4 Å². The third-order valence-electron chi connectivity index (χ3n) is 3.31. The quantitative estimate of drug-likeness (QED) is 0.911. The normalized spacial score (nSPS) is 14.6. The molecule has 0 unspecified atom stereocenters. The molecule has 0 spiro atoms. The van der Waals surface area contributed by atoms with Crippen molar-refractivity contribution >= 4 is 23.0 Å². The van der Waals surface area contributed by atoms with Crippen molar-refractivity contribution in [2.24, 2.45) is 0 Å². The lowest BCUT2D eigenvalue weighted by molar-refractivity contribution is 0.768. The van der Waals surface area contributed by atoms with Gasteiger partial charge in [0, 0.05) is 25.1 Å². The molecule has 4 nitrogen and oxygen atoms in total. The fourth-order valence-electron chi connectivity index (χ4n) is 2.17. The number of aryl methyl sites for hydroxylation is 1. The van der Waals surface area contributed by atoms with E-state index in [-0.39, 0.29) is 0 Å². The first-order valence-electron chi connectivity index (χ1n) is 6.67. The first-order chi connectivity index (χ1) is 9.26. The van der Waals surface area contributed by atoms with Crippen molar-refractivity contribution in [3.05, 3.63) is 34.3 Å². The highest BCUT2D eigenvalue weighted by atomic mass is 32.1. The molecule has 100 valence electrons. The third kappa shape index (κ3) is 2.87. The van der Waals surface area contributed by atoms with E-state index in [1.807, 2.05) is 6.07 Å². The third-order valence-corrected chi connectivity index (χ3v) is 4.04. The summed E-state index contributed by atoms with van der Waals surface area (Å²) in [6.45, 7) is 2.96. The van der Waals surface area contributed by atoms with Gasteiger partial charge in [-0.25, -0.2) is 9.97 Å². The molecule has 0 aliphatic heterocycles. The van der Waals surface area contributed by atoms with Gasteiger partial charge in [-0.2, -0.15) is 11.3 Å². The summed E-state index contributed by atoms with van der Waals surface area (Å²) < 4.78 is 0. The second-order valence-electron chi connectivity index (χ2n) is 4.91. The van der Waals surface area contributed by atoms with Gasteiger partial charge in [0.15, 0.2) is 0 Å². The van der Waals surface area contributed by atoms with Crippen LogP contribution in [0.15, 0.2) is 22.9 Å². The maximum absolute atomic E-state index is 5.89. The monoisotopic (exact) mass is 274 g/mol. The van der Waals surface area contributed by atoms with Gasteiger partial charge in [0.1, 0.15) is 17.5 Å². The lowest BCUT2D eigenvalue weighted by atomic mass is 10.3. The van der Waals surface area contributed by atoms with Crippen molar-refractivity contribution in [1.82, 2.24) is 9.97 Å². The molecule has 2 heterocycles. The number of nitrogens with two attached hydrogens (primary N) is 1. The van der Waals surface area contributed by atoms with E-state index in [9.17, 15) is 0 Å². The van der Waals surface area contributed by atoms with Gasteiger partial charge in [-0.3, -0.25) is 0 Å². The van der Waals surface area contributed by atoms with Gasteiger partial charge in [0.25, 0.3) is 0 Å². The molecule has 0 radical (unpaired) electrons. The molecule has 0 atom stereocenters. The van der Waals surface area contributed by atoms with E-state index in [0.717, 1.165) is 24.6 Å². The van der Waals surface area contributed by atoms with Crippen LogP contribution in [0.4, 0.5) is 11.6 Å². The number of rotatable bonds is 5. The highest BCUT2D eigenvalue weighted by Gasteiger charge is 2.30. The Morgan fingerprint density at radius 2 is 2.26 bits per heavy atom. The standard InChI is InChI=1S/C14H18N4S/c1-2-13-16-12(15)7-14(17-13)18(11-3-4-11)8-10-5-6-19-9-10/h5-7,9,11H,2-4,8H2,1H3,(H2,15,16,17). The minimum Gasteiger partial charge on any atom is -0.384 e. The van der Waals surface area contributed by atoms with E-state index in [4.69, 9.17) is 5.73 Å². The second kappa shape index (κ2) is 5.17. The highest BCUT2D eigenvalue weighted by Crippen LogP contribution is 2.32. The Morgan fingerprint density at radius 1 is 1.42 bits per heavy atom. The predicted molar refractivity (Wildman–Crippen MR) is 79.3 cm³/mol. The maximum Gasteiger partial charge on any atom is 0.134 e. The molecule has 0 saturated heterocycles. The smallest absolute Gasteiger partial charge is 0.134 e. The fraction of sp³-hybridized carbons (Fsp3) is 0.429. The van der Waals surface area contributed by atoms with Crippen LogP contribution in [0.2, 0.25) is 0 Å². The molecule has 1 fully saturated rings. The van der Waals surface area contributed by atoms with E-state index < -0.39 is 0 Å². The zero-order valence-electron chi connectivity index (χ0n) is 11.0. The molecule has 1 saturated carbocycles. The van der Waals surface area contributed by atoms with Gasteiger partial charge in [0.2, 0.25) is 0 Å². The van der Waals surface area contributed by atoms with Crippen LogP contribution >= 0.6 is 11.3 Å². The highest BCUT2D eigenvalue weighted by molar-refractivity contribution is 7.07. The van der Waals surface area contributed by atoms with Gasteiger partial charge in [-0.15, -0.1) is 0 Å². The van der Waals surface area contributed by atoms with Crippen LogP contribution < -0.4 is 10.6 Å². The van der Waals surface area contributed by atoms with E-state index in [1.54, 1.807) is 11.3 Å². The minimum atomic E-state index is 0.567. The number of hydrogen-bond donors (Lipinski definition) is 1. The Balaban J connectivity index is 1.89. The van der Waals surface area contributed by atoms with Crippen LogP contribution in [-0.4, -0.2) is 16.0 Å². The summed E-state index contributed by atoms with van der Waals surface area (Å²) in [6, 6.07) is 4.67. The van der Waals surface area contributed by atoms with Crippen LogP contribution in [0.5, 0.6) is 0 Å². The Kier molecular flexibility index (Phi) is 3.38. The lowest BCUT2D eigenvalue weighted by Crippen LogP contribution is -2.26. The van der Waals surface area contributed by atoms with Gasteiger partial charge in [-0.1, -0.05) is 6.92 Å². The summed E-state index contributed by atoms with van der Waals surface area (Å²) in [7, 11) is 0. The molecular formula is C14H18N4S. The molecule has 2 aromatic heterocycles. The van der Waals surface area contributed by atoms with Crippen molar-refractivity contribution in [2.75, 3.05) is 10.6 Å². The van der Waals surface area contributed by atoms with Crippen LogP contribution in [0, 0.1) is 0 Å². The van der Waals surface area contributed by atoms with Crippen LogP contribution in [0.1, 0.15) is 31.2 Å². The SMILES string of the molecule is CCc1nc(N)cc(N(Cc2ccsc2)C2CC2)n1. The van der Waals surface area contributed by atoms with Crippen molar-refractivity contribution in [1.29, 1.82) is 0 Å². The number of nitrogen functional groups attached to an aromatic ring is 1. The number of nitrogens with zero attached hydrogens (tertiary/aromatic N) is 3. The molecule has 2 N–H and O–H groups in total. The number of aromatic nitrogens is 2. The van der Waals surface area contributed by atoms with Crippen molar-refractivity contribution in [2.45, 2.75) is 38.8 Å². The van der Waals surface area contributed by atoms with Crippen LogP contribution in [-0.2, 0) is 13.0 Å². The molecule has 19 heavy (non-hydrogen) atoms. The molecule has 0 amide bonds. The molecule has 0 bridgehead atoms. The Labute approximate surface area is 117 Å². The molecule has 2 aromatic rings. The number of thiophene rings is 1. The van der Waals surface area contributed by atoms with Gasteiger partial charge in [0.05, 0.1) is 0 Å². The minimum absolute atomic E-state index is 0.567. The Bertz CT molecular complexity index is 549. The average Bonchev–Trinajstić information content (AvgIpc) is 3.12. The number of anilines is 2. The van der Waals surface area contributed by atoms with Crippen molar-refractivity contribution in [3.63, 3.8) is 0 Å². The van der Waals surface area contributed by atoms with Gasteiger partial charge in [-0.05, 0) is 35.2 Å². The summed E-state index contributed by atoms with van der Waals surface area (Å²) in [5, 5.41) is 4.31. The summed E-state index contributed by atoms with van der Waals surface area (Å²) in [4.78, 5) is 11.2. The zero-order valence-corrected chi connectivity index (χ0v) is 11.9. The molecule has 0 aromatic carbocycles. The van der Waals surface area contributed by atoms with Gasteiger partial charge < -0.3 is 10.6 Å². The largest absolute Gasteiger partial charge is 0.384 e. The van der Waals surface area contributed by atoms with Crippen LogP contribution in [0.25, 0.3) is 0 Å². The summed E-state index contributed by atoms with van der Waals surface area (Å²) in [5.74, 6) is 2.36. The number of hydrogen-bond acceptors (Lipinski definition) is 5. The second-order valence-corrected chi connectivity index (χ2v) is 5.69. The van der Waals surface area contributed by atoms with E-state index >= 15 is 0 Å². The molecule has 1 aliphatic carbocycles. The van der Waals surface area contributed by atoms with E-state index in [0.29, 0.717) is 11.9 Å². The maximum atomic E-state index is 5.89. The summed E-state index contributed by atoms with van der Waals surface area (Å²) >= 11 is 1.74. The first-order valence-corrected chi connectivity index (χ1v) is 7.61. The Hall–Kier alpha value is -1.62. The zero-order chi connectivity index (χ0) is 13.2. The molecule has 3 rings (SSSR count). The van der Waals surface area contributed by atoms with Crippen LogP contribution in [0.3, 0.4) is 0 Å². The van der Waals surface area contributed by atoms with E-state index in [2.05, 4.69) is 38.6 Å². The topological polar surface area (TPSA) is 55.0 Å². The molecular weight excluding hydrogens is 256 g/mol. The summed E-state index contributed by atoms with van der Waals surface area (Å²) in [5.41, 5.74) is 7.23. The predicted octanol–water partition coefficient (Wildman–Crippen LogP) is 2.85. The average molecular weight is 274 g/mol. The molecule has 5 heteroatoms. The van der Waals surface area contributed by atoms with Gasteiger partial charge >= 0.3 is 0 Å². The van der Waals surface area contributed by atoms with Crippen molar-refractivity contribution in [3.8, 4) is 0 Å². The first kappa shape index (κ1) is 12.4.